The second-order valence-electron chi connectivity index (χ2n) is 4.00. The van der Waals surface area contributed by atoms with E-state index in [0.717, 1.165) is 18.8 Å². The van der Waals surface area contributed by atoms with Crippen molar-refractivity contribution in [3.05, 3.63) is 0 Å². The van der Waals surface area contributed by atoms with E-state index < -0.39 is 0 Å². The molecular formula is C11H18O. The van der Waals surface area contributed by atoms with Gasteiger partial charge in [-0.15, -0.1) is 12.3 Å². The van der Waals surface area contributed by atoms with Gasteiger partial charge in [0.1, 0.15) is 0 Å². The topological polar surface area (TPSA) is 20.2 Å². The zero-order valence-corrected chi connectivity index (χ0v) is 7.79. The van der Waals surface area contributed by atoms with Gasteiger partial charge in [0.05, 0.1) is 6.10 Å². The van der Waals surface area contributed by atoms with Crippen molar-refractivity contribution in [3.8, 4) is 12.3 Å². The maximum atomic E-state index is 9.62. The summed E-state index contributed by atoms with van der Waals surface area (Å²) in [6.07, 6.45) is 10.3. The van der Waals surface area contributed by atoms with Crippen molar-refractivity contribution in [2.24, 2.45) is 11.8 Å². The molecule has 1 N–H and O–H groups in total. The Morgan fingerprint density at radius 1 is 1.42 bits per heavy atom. The summed E-state index contributed by atoms with van der Waals surface area (Å²) < 4.78 is 0. The van der Waals surface area contributed by atoms with Gasteiger partial charge in [-0.05, 0) is 24.7 Å². The van der Waals surface area contributed by atoms with Crippen molar-refractivity contribution in [2.45, 2.75) is 45.1 Å². The fourth-order valence-corrected chi connectivity index (χ4v) is 1.96. The van der Waals surface area contributed by atoms with E-state index in [1.54, 1.807) is 0 Å². The van der Waals surface area contributed by atoms with Gasteiger partial charge in [0, 0.05) is 6.42 Å². The van der Waals surface area contributed by atoms with Gasteiger partial charge in [0.15, 0.2) is 0 Å². The van der Waals surface area contributed by atoms with Gasteiger partial charge in [-0.3, -0.25) is 0 Å². The van der Waals surface area contributed by atoms with Crippen LogP contribution in [0.5, 0.6) is 0 Å². The third-order valence-corrected chi connectivity index (χ3v) is 2.93. The molecule has 1 atom stereocenters. The quantitative estimate of drug-likeness (QED) is 0.623. The summed E-state index contributed by atoms with van der Waals surface area (Å²) >= 11 is 0. The van der Waals surface area contributed by atoms with Gasteiger partial charge >= 0.3 is 0 Å². The Balaban J connectivity index is 2.30. The molecule has 1 heteroatoms. The fraction of sp³-hybridized carbons (Fsp3) is 0.818. The number of aliphatic hydroxyl groups excluding tert-OH is 1. The first-order chi connectivity index (χ1) is 5.74. The molecule has 0 saturated heterocycles. The summed E-state index contributed by atoms with van der Waals surface area (Å²) in [6.45, 7) is 2.28. The average molecular weight is 166 g/mol. The minimum Gasteiger partial charge on any atom is -0.392 e. The van der Waals surface area contributed by atoms with Crippen molar-refractivity contribution < 1.29 is 5.11 Å². The van der Waals surface area contributed by atoms with Crippen LogP contribution >= 0.6 is 0 Å². The third-order valence-electron chi connectivity index (χ3n) is 2.93. The van der Waals surface area contributed by atoms with Crippen LogP contribution in [0.25, 0.3) is 0 Å². The van der Waals surface area contributed by atoms with Crippen LogP contribution in [0, 0.1) is 24.2 Å². The first-order valence-electron chi connectivity index (χ1n) is 4.85. The standard InChI is InChI=1S/C11H18O/c1-3-4-11(12)10-7-5-9(2)6-8-10/h1,9-12H,4-8H2,2H3. The smallest absolute Gasteiger partial charge is 0.0677 e. The highest BCUT2D eigenvalue weighted by Gasteiger charge is 2.23. The Bertz CT molecular complexity index is 160. The molecule has 1 aliphatic rings. The van der Waals surface area contributed by atoms with Gasteiger partial charge < -0.3 is 5.11 Å². The van der Waals surface area contributed by atoms with Crippen LogP contribution in [0.15, 0.2) is 0 Å². The normalized spacial score (nSPS) is 32.4. The first-order valence-corrected chi connectivity index (χ1v) is 4.85. The first kappa shape index (κ1) is 9.61. The Kier molecular flexibility index (Phi) is 3.62. The highest BCUT2D eigenvalue weighted by molar-refractivity contribution is 4.90. The minimum absolute atomic E-state index is 0.248. The van der Waals surface area contributed by atoms with Crippen LogP contribution in [0.1, 0.15) is 39.0 Å². The average Bonchev–Trinajstić information content (AvgIpc) is 2.06. The van der Waals surface area contributed by atoms with E-state index in [4.69, 9.17) is 6.42 Å². The Morgan fingerprint density at radius 3 is 2.50 bits per heavy atom. The Morgan fingerprint density at radius 2 is 2.00 bits per heavy atom. The van der Waals surface area contributed by atoms with E-state index in [1.807, 2.05) is 0 Å². The van der Waals surface area contributed by atoms with Crippen LogP contribution in [-0.4, -0.2) is 11.2 Å². The van der Waals surface area contributed by atoms with Crippen molar-refractivity contribution >= 4 is 0 Å². The highest BCUT2D eigenvalue weighted by Crippen LogP contribution is 2.31. The molecule has 0 aromatic rings. The molecule has 0 spiro atoms. The lowest BCUT2D eigenvalue weighted by Crippen LogP contribution is -2.24. The van der Waals surface area contributed by atoms with Crippen molar-refractivity contribution in [2.75, 3.05) is 0 Å². The van der Waals surface area contributed by atoms with E-state index in [0.29, 0.717) is 12.3 Å². The summed E-state index contributed by atoms with van der Waals surface area (Å²) in [7, 11) is 0. The van der Waals surface area contributed by atoms with Gasteiger partial charge in [-0.2, -0.15) is 0 Å². The van der Waals surface area contributed by atoms with E-state index in [1.165, 1.54) is 12.8 Å². The van der Waals surface area contributed by atoms with Crippen molar-refractivity contribution in [3.63, 3.8) is 0 Å². The van der Waals surface area contributed by atoms with Crippen molar-refractivity contribution in [1.29, 1.82) is 0 Å². The van der Waals surface area contributed by atoms with Crippen molar-refractivity contribution in [1.82, 2.24) is 0 Å². The third kappa shape index (κ3) is 2.53. The van der Waals surface area contributed by atoms with Crippen LogP contribution in [-0.2, 0) is 0 Å². The maximum absolute atomic E-state index is 9.62. The second-order valence-corrected chi connectivity index (χ2v) is 4.00. The van der Waals surface area contributed by atoms with E-state index in [-0.39, 0.29) is 6.10 Å². The van der Waals surface area contributed by atoms with Crippen LogP contribution < -0.4 is 0 Å². The molecule has 1 nitrogen and oxygen atoms in total. The Hall–Kier alpha value is -0.480. The molecule has 1 aliphatic carbocycles. The van der Waals surface area contributed by atoms with Gasteiger partial charge in [0.2, 0.25) is 0 Å². The van der Waals surface area contributed by atoms with Gasteiger partial charge in [-0.25, -0.2) is 0 Å². The molecule has 0 bridgehead atoms. The highest BCUT2D eigenvalue weighted by atomic mass is 16.3. The summed E-state index contributed by atoms with van der Waals surface area (Å²) in [5.41, 5.74) is 0. The maximum Gasteiger partial charge on any atom is 0.0677 e. The Labute approximate surface area is 75.2 Å². The predicted molar refractivity (Wildman–Crippen MR) is 50.6 cm³/mol. The summed E-state index contributed by atoms with van der Waals surface area (Å²) in [5.74, 6) is 3.84. The largest absolute Gasteiger partial charge is 0.392 e. The van der Waals surface area contributed by atoms with Gasteiger partial charge in [0.25, 0.3) is 0 Å². The lowest BCUT2D eigenvalue weighted by Gasteiger charge is -2.28. The molecule has 0 aromatic heterocycles. The number of hydrogen-bond donors (Lipinski definition) is 1. The van der Waals surface area contributed by atoms with Crippen LogP contribution in [0.2, 0.25) is 0 Å². The zero-order chi connectivity index (χ0) is 8.97. The molecule has 0 radical (unpaired) electrons. The molecule has 0 aromatic carbocycles. The minimum atomic E-state index is -0.248. The lowest BCUT2D eigenvalue weighted by atomic mass is 9.79. The number of aliphatic hydroxyl groups is 1. The van der Waals surface area contributed by atoms with E-state index >= 15 is 0 Å². The molecule has 1 saturated carbocycles. The molecule has 0 amide bonds. The molecule has 0 heterocycles. The molecule has 1 rings (SSSR count). The second kappa shape index (κ2) is 4.52. The molecular weight excluding hydrogens is 148 g/mol. The summed E-state index contributed by atoms with van der Waals surface area (Å²) in [5, 5.41) is 9.62. The van der Waals surface area contributed by atoms with Gasteiger partial charge in [-0.1, -0.05) is 19.8 Å². The van der Waals surface area contributed by atoms with Crippen LogP contribution in [0.4, 0.5) is 0 Å². The van der Waals surface area contributed by atoms with E-state index in [9.17, 15) is 5.11 Å². The molecule has 12 heavy (non-hydrogen) atoms. The molecule has 68 valence electrons. The molecule has 0 aliphatic heterocycles. The van der Waals surface area contributed by atoms with E-state index in [2.05, 4.69) is 12.8 Å². The molecule has 1 unspecified atom stereocenters. The summed E-state index contributed by atoms with van der Waals surface area (Å²) in [6, 6.07) is 0. The number of rotatable bonds is 2. The number of hydrogen-bond acceptors (Lipinski definition) is 1. The lowest BCUT2D eigenvalue weighted by molar-refractivity contribution is 0.0799. The predicted octanol–water partition coefficient (Wildman–Crippen LogP) is 2.20. The SMILES string of the molecule is C#CCC(O)C1CCC(C)CC1. The molecule has 1 fully saturated rings. The monoisotopic (exact) mass is 166 g/mol. The number of terminal acetylenes is 1. The fourth-order valence-electron chi connectivity index (χ4n) is 1.96. The zero-order valence-electron chi connectivity index (χ0n) is 7.79. The summed E-state index contributed by atoms with van der Waals surface area (Å²) in [4.78, 5) is 0. The van der Waals surface area contributed by atoms with Crippen LogP contribution in [0.3, 0.4) is 0 Å².